The second-order valence-corrected chi connectivity index (χ2v) is 15.6. The van der Waals surface area contributed by atoms with Crippen molar-refractivity contribution in [3.8, 4) is 35.4 Å². The number of terminal acetylenes is 1. The summed E-state index contributed by atoms with van der Waals surface area (Å²) in [5, 5.41) is 22.1. The minimum absolute atomic E-state index is 0.00255. The summed E-state index contributed by atoms with van der Waals surface area (Å²) in [7, 11) is 0. The lowest BCUT2D eigenvalue weighted by Crippen LogP contribution is -2.55. The smallest absolute Gasteiger partial charge is 0.465 e. The normalized spacial score (nSPS) is 22.2. The van der Waals surface area contributed by atoms with Crippen molar-refractivity contribution < 1.29 is 42.6 Å². The van der Waals surface area contributed by atoms with Gasteiger partial charge in [0.1, 0.15) is 41.8 Å². The number of piperazine rings is 1. The first-order valence-corrected chi connectivity index (χ1v) is 19.4. The van der Waals surface area contributed by atoms with Gasteiger partial charge in [-0.3, -0.25) is 24.9 Å². The fourth-order valence-corrected chi connectivity index (χ4v) is 9.47. The number of carbonyl (C=O) groups is 2. The molecule has 5 aromatic rings. The second kappa shape index (κ2) is 15.0. The summed E-state index contributed by atoms with van der Waals surface area (Å²) >= 11 is 0. The molecule has 306 valence electrons. The SMILES string of the molecule is C#Cc1c(F)ccc2cccc(-c3ncc4c(N5C[C@H]6CC[C@@H](C5)N6C(=O)O)nc(OC[C@@]56CC[C@@H](COC(=O)Oc7ccc([N+](=O)[O-])cc7)N5CC(=C)C6)nc4c3F)c12. The van der Waals surface area contributed by atoms with E-state index < -0.39 is 34.3 Å². The molecule has 9 rings (SSSR count). The van der Waals surface area contributed by atoms with Gasteiger partial charge in [0.15, 0.2) is 5.82 Å². The number of anilines is 1. The Morgan fingerprint density at radius 1 is 1.07 bits per heavy atom. The standard InChI is InChI=1S/C43H37F2N7O8/c1-3-31-34(44)14-7-25-5-4-6-32(35(25)31)37-36(45)38-33(18-46-37)39(49-20-27-8-9-28(21-49)51(27)41(53)54)48-40(47-38)59-23-43-16-15-29(50(43)19-24(2)17-43)22-58-42(55)60-30-12-10-26(11-13-30)52(56)57/h1,4-7,10-14,18,27-29H,2,8-9,15-17,19-23H2,(H,53,54)/t27-,28+,29-,43-/m0/s1. The van der Waals surface area contributed by atoms with E-state index in [2.05, 4.69) is 27.4 Å². The monoisotopic (exact) mass is 817 g/mol. The number of aromatic nitrogens is 3. The van der Waals surface area contributed by atoms with Crippen LogP contribution in [0.15, 0.2) is 72.9 Å². The van der Waals surface area contributed by atoms with E-state index in [9.17, 15) is 29.2 Å². The van der Waals surface area contributed by atoms with Crippen LogP contribution in [0.3, 0.4) is 0 Å². The first-order valence-electron chi connectivity index (χ1n) is 19.4. The van der Waals surface area contributed by atoms with Gasteiger partial charge in [-0.05, 0) is 55.7 Å². The largest absolute Gasteiger partial charge is 0.513 e. The van der Waals surface area contributed by atoms with Crippen molar-refractivity contribution >= 4 is 45.4 Å². The Bertz CT molecular complexity index is 2640. The second-order valence-electron chi connectivity index (χ2n) is 15.6. The highest BCUT2D eigenvalue weighted by Crippen LogP contribution is 2.45. The van der Waals surface area contributed by atoms with Crippen molar-refractivity contribution in [3.63, 3.8) is 0 Å². The van der Waals surface area contributed by atoms with E-state index in [0.717, 1.165) is 5.57 Å². The molecule has 1 amide bonds. The van der Waals surface area contributed by atoms with E-state index in [1.807, 2.05) is 4.90 Å². The molecule has 2 aromatic heterocycles. The van der Waals surface area contributed by atoms with Crippen LogP contribution in [0, 0.1) is 34.1 Å². The molecule has 60 heavy (non-hydrogen) atoms. The third-order valence-electron chi connectivity index (χ3n) is 12.1. The summed E-state index contributed by atoms with van der Waals surface area (Å²) in [5.74, 6) is 1.43. The van der Waals surface area contributed by atoms with Crippen LogP contribution in [-0.2, 0) is 4.74 Å². The van der Waals surface area contributed by atoms with Crippen LogP contribution in [0.5, 0.6) is 11.8 Å². The number of rotatable bonds is 9. The molecule has 3 aromatic carbocycles. The number of hydrogen-bond donors (Lipinski definition) is 1. The van der Waals surface area contributed by atoms with Crippen molar-refractivity contribution in [1.82, 2.24) is 24.8 Å². The fraction of sp³-hybridized carbons (Fsp3) is 0.326. The van der Waals surface area contributed by atoms with E-state index >= 15 is 4.39 Å². The van der Waals surface area contributed by atoms with E-state index in [4.69, 9.17) is 25.6 Å². The van der Waals surface area contributed by atoms with Crippen LogP contribution in [-0.4, -0.2) is 104 Å². The third-order valence-corrected chi connectivity index (χ3v) is 12.1. The zero-order valence-electron chi connectivity index (χ0n) is 32.1. The molecule has 2 bridgehead atoms. The number of benzene rings is 3. The minimum Gasteiger partial charge on any atom is -0.465 e. The van der Waals surface area contributed by atoms with Crippen LogP contribution in [0.4, 0.5) is 29.9 Å². The molecule has 0 saturated carbocycles. The lowest BCUT2D eigenvalue weighted by Gasteiger charge is -2.40. The molecule has 0 aliphatic carbocycles. The minimum atomic E-state index is -0.988. The molecule has 0 radical (unpaired) electrons. The zero-order chi connectivity index (χ0) is 41.9. The van der Waals surface area contributed by atoms with Crippen LogP contribution in [0.2, 0.25) is 0 Å². The van der Waals surface area contributed by atoms with Gasteiger partial charge < -0.3 is 24.2 Å². The highest BCUT2D eigenvalue weighted by Gasteiger charge is 2.52. The number of carboxylic acid groups (broad SMARTS) is 1. The fourth-order valence-electron chi connectivity index (χ4n) is 9.47. The maximum atomic E-state index is 17.1. The van der Waals surface area contributed by atoms with Gasteiger partial charge in [-0.1, -0.05) is 42.3 Å². The highest BCUT2D eigenvalue weighted by atomic mass is 19.1. The number of nitro benzene ring substituents is 1. The van der Waals surface area contributed by atoms with Gasteiger partial charge in [0.25, 0.3) is 5.69 Å². The van der Waals surface area contributed by atoms with Crippen molar-refractivity contribution in [2.24, 2.45) is 0 Å². The van der Waals surface area contributed by atoms with Gasteiger partial charge >= 0.3 is 18.3 Å². The molecule has 15 nitrogen and oxygen atoms in total. The lowest BCUT2D eigenvalue weighted by atomic mass is 9.94. The molecule has 4 atom stereocenters. The lowest BCUT2D eigenvalue weighted by molar-refractivity contribution is -0.384. The number of non-ortho nitro benzene ring substituents is 1. The van der Waals surface area contributed by atoms with Crippen molar-refractivity contribution in [2.45, 2.75) is 55.8 Å². The van der Waals surface area contributed by atoms with Gasteiger partial charge in [0, 0.05) is 55.0 Å². The van der Waals surface area contributed by atoms with E-state index in [1.165, 1.54) is 41.4 Å². The number of nitrogens with zero attached hydrogens (tertiary/aromatic N) is 7. The Labute approximate surface area is 341 Å². The number of halogens is 2. The van der Waals surface area contributed by atoms with E-state index in [-0.39, 0.29) is 71.1 Å². The summed E-state index contributed by atoms with van der Waals surface area (Å²) in [6.07, 6.45) is 8.50. The van der Waals surface area contributed by atoms with Gasteiger partial charge in [-0.15, -0.1) is 6.42 Å². The Hall–Kier alpha value is -6.93. The van der Waals surface area contributed by atoms with Gasteiger partial charge in [0.05, 0.1) is 33.5 Å². The highest BCUT2D eigenvalue weighted by molar-refractivity contribution is 6.02. The number of nitro groups is 1. The average molecular weight is 818 g/mol. The summed E-state index contributed by atoms with van der Waals surface area (Å²) in [6.45, 7) is 5.48. The number of carbonyl (C=O) groups excluding carboxylic acids is 1. The predicted octanol–water partition coefficient (Wildman–Crippen LogP) is 7.10. The molecule has 4 aliphatic rings. The number of hydrogen-bond acceptors (Lipinski definition) is 12. The van der Waals surface area contributed by atoms with E-state index in [1.54, 1.807) is 24.3 Å². The number of pyridine rings is 1. The van der Waals surface area contributed by atoms with Crippen molar-refractivity contribution in [3.05, 3.63) is 100 Å². The zero-order valence-corrected chi connectivity index (χ0v) is 32.1. The summed E-state index contributed by atoms with van der Waals surface area (Å²) in [6, 6.07) is 12.1. The van der Waals surface area contributed by atoms with Crippen LogP contribution in [0.25, 0.3) is 32.9 Å². The quantitative estimate of drug-likeness (QED) is 0.0399. The van der Waals surface area contributed by atoms with Gasteiger partial charge in [-0.25, -0.2) is 18.4 Å². The topological polar surface area (TPSA) is 174 Å². The van der Waals surface area contributed by atoms with Crippen LogP contribution >= 0.6 is 0 Å². The molecule has 0 unspecified atom stereocenters. The van der Waals surface area contributed by atoms with E-state index in [0.29, 0.717) is 73.7 Å². The molecule has 4 saturated heterocycles. The maximum Gasteiger partial charge on any atom is 0.513 e. The summed E-state index contributed by atoms with van der Waals surface area (Å²) in [4.78, 5) is 54.7. The van der Waals surface area contributed by atoms with Gasteiger partial charge in [-0.2, -0.15) is 9.97 Å². The van der Waals surface area contributed by atoms with Crippen molar-refractivity contribution in [1.29, 1.82) is 0 Å². The van der Waals surface area contributed by atoms with Gasteiger partial charge in [0.2, 0.25) is 0 Å². The molecule has 6 heterocycles. The molecule has 4 aliphatic heterocycles. The molecular weight excluding hydrogens is 781 g/mol. The molecule has 4 fully saturated rings. The molecule has 17 heteroatoms. The Balaban J connectivity index is 1.02. The number of fused-ring (bicyclic) bond motifs is 5. The van der Waals surface area contributed by atoms with Crippen LogP contribution < -0.4 is 14.4 Å². The molecule has 1 N–H and O–H groups in total. The summed E-state index contributed by atoms with van der Waals surface area (Å²) < 4.78 is 49.2. The maximum absolute atomic E-state index is 17.1. The first-order chi connectivity index (χ1) is 28.9. The third kappa shape index (κ3) is 6.72. The average Bonchev–Trinajstić information content (AvgIpc) is 3.84. The Morgan fingerprint density at radius 2 is 1.83 bits per heavy atom. The Kier molecular flexibility index (Phi) is 9.66. The number of amides is 1. The molecule has 0 spiro atoms. The van der Waals surface area contributed by atoms with Crippen LogP contribution in [0.1, 0.15) is 37.7 Å². The Morgan fingerprint density at radius 3 is 2.55 bits per heavy atom. The van der Waals surface area contributed by atoms with Crippen molar-refractivity contribution in [2.75, 3.05) is 37.7 Å². The first kappa shape index (κ1) is 38.6. The predicted molar refractivity (Wildman–Crippen MR) is 214 cm³/mol. The number of ether oxygens (including phenoxy) is 3. The summed E-state index contributed by atoms with van der Waals surface area (Å²) in [5.41, 5.74) is 0.316. The molecular formula is C43H37F2N7O8.